The van der Waals surface area contributed by atoms with Crippen LogP contribution in [0, 0.1) is 5.82 Å². The van der Waals surface area contributed by atoms with Gasteiger partial charge in [0.25, 0.3) is 5.91 Å². The summed E-state index contributed by atoms with van der Waals surface area (Å²) in [6.45, 7) is 2.86. The molecule has 0 spiro atoms. The summed E-state index contributed by atoms with van der Waals surface area (Å²) < 4.78 is 15.8. The van der Waals surface area contributed by atoms with Crippen molar-refractivity contribution in [1.82, 2.24) is 20.0 Å². The first-order valence-corrected chi connectivity index (χ1v) is 11.5. The summed E-state index contributed by atoms with van der Waals surface area (Å²) >= 11 is 1.27. The molecule has 1 amide bonds. The number of amides is 1. The van der Waals surface area contributed by atoms with Crippen molar-refractivity contribution >= 4 is 28.3 Å². The first-order valence-electron chi connectivity index (χ1n) is 10.7. The van der Waals surface area contributed by atoms with Gasteiger partial charge in [0, 0.05) is 18.3 Å². The molecule has 0 bridgehead atoms. The molecule has 0 fully saturated rings. The lowest BCUT2D eigenvalue weighted by Gasteiger charge is -2.19. The van der Waals surface area contributed by atoms with Crippen LogP contribution in [0.4, 0.5) is 9.52 Å². The third kappa shape index (κ3) is 5.18. The number of anilines is 1. The van der Waals surface area contributed by atoms with Crippen molar-refractivity contribution in [2.24, 2.45) is 0 Å². The van der Waals surface area contributed by atoms with Gasteiger partial charge in [0.05, 0.1) is 23.9 Å². The van der Waals surface area contributed by atoms with Crippen molar-refractivity contribution in [2.45, 2.75) is 26.3 Å². The van der Waals surface area contributed by atoms with E-state index in [0.29, 0.717) is 23.2 Å². The summed E-state index contributed by atoms with van der Waals surface area (Å²) in [6, 6.07) is 13.5. The minimum atomic E-state index is -1.02. The maximum atomic E-state index is 14.2. The summed E-state index contributed by atoms with van der Waals surface area (Å²) in [7, 11) is 0. The molecule has 4 rings (SSSR count). The van der Waals surface area contributed by atoms with E-state index in [0.717, 1.165) is 24.0 Å². The van der Waals surface area contributed by atoms with Crippen molar-refractivity contribution < 1.29 is 19.1 Å². The molecule has 0 unspecified atom stereocenters. The number of carboxylic acids is 1. The maximum absolute atomic E-state index is 14.2. The molecular formula is C24H22FN5O3S. The van der Waals surface area contributed by atoms with Crippen molar-refractivity contribution in [3.8, 4) is 10.6 Å². The van der Waals surface area contributed by atoms with Crippen LogP contribution in [-0.2, 0) is 6.54 Å². The third-order valence-electron chi connectivity index (χ3n) is 5.16. The van der Waals surface area contributed by atoms with Gasteiger partial charge >= 0.3 is 5.97 Å². The Balaban J connectivity index is 1.52. The lowest BCUT2D eigenvalue weighted by molar-refractivity contribution is 0.0696. The molecule has 0 aliphatic carbocycles. The fraction of sp³-hybridized carbons (Fsp3) is 0.208. The number of halogens is 1. The van der Waals surface area contributed by atoms with Crippen molar-refractivity contribution in [3.05, 3.63) is 83.4 Å². The van der Waals surface area contributed by atoms with E-state index in [2.05, 4.69) is 15.3 Å². The first kappa shape index (κ1) is 23.2. The van der Waals surface area contributed by atoms with Crippen molar-refractivity contribution in [1.29, 1.82) is 0 Å². The highest BCUT2D eigenvalue weighted by Crippen LogP contribution is 2.30. The Morgan fingerprint density at radius 3 is 2.56 bits per heavy atom. The average molecular weight is 480 g/mol. The van der Waals surface area contributed by atoms with Gasteiger partial charge in [0.2, 0.25) is 5.13 Å². The maximum Gasteiger partial charge on any atom is 0.338 e. The number of carbonyl (C=O) groups is 2. The molecule has 0 aliphatic heterocycles. The van der Waals surface area contributed by atoms with Crippen LogP contribution < -0.4 is 4.90 Å². The number of hydrogen-bond donors (Lipinski definition) is 1. The lowest BCUT2D eigenvalue weighted by Crippen LogP contribution is -2.32. The molecule has 34 heavy (non-hydrogen) atoms. The molecule has 0 aliphatic rings. The molecule has 1 N–H and O–H groups in total. The molecule has 2 aromatic carbocycles. The molecule has 2 aromatic heterocycles. The Kier molecular flexibility index (Phi) is 7.07. The van der Waals surface area contributed by atoms with Gasteiger partial charge in [0.15, 0.2) is 0 Å². The van der Waals surface area contributed by atoms with Crippen LogP contribution in [0.15, 0.2) is 60.9 Å². The average Bonchev–Trinajstić information content (AvgIpc) is 3.50. The quantitative estimate of drug-likeness (QED) is 0.372. The second-order valence-electron chi connectivity index (χ2n) is 7.61. The van der Waals surface area contributed by atoms with E-state index in [1.54, 1.807) is 16.8 Å². The number of hydrogen-bond acceptors (Lipinski definition) is 6. The molecule has 8 nitrogen and oxygen atoms in total. The van der Waals surface area contributed by atoms with Gasteiger partial charge in [-0.15, -0.1) is 10.2 Å². The van der Waals surface area contributed by atoms with Crippen LogP contribution >= 0.6 is 11.3 Å². The molecule has 0 atom stereocenters. The highest BCUT2D eigenvalue weighted by molar-refractivity contribution is 7.18. The van der Waals surface area contributed by atoms with Gasteiger partial charge in [-0.05, 0) is 24.1 Å². The standard InChI is InChI=1S/C24H22FN5O3S/c1-2-3-12-30(22(31)19-6-4-5-7-20(19)25)24-28-27-21(34-24)17-10-8-16(9-11-17)14-29-15-18(13-26-29)23(32)33/h4-11,13,15H,2-3,12,14H2,1H3,(H,32,33). The largest absolute Gasteiger partial charge is 0.478 e. The number of nitrogens with zero attached hydrogens (tertiary/aromatic N) is 5. The lowest BCUT2D eigenvalue weighted by atomic mass is 10.1. The summed E-state index contributed by atoms with van der Waals surface area (Å²) in [5.41, 5.74) is 1.90. The molecule has 0 saturated carbocycles. The number of aromatic nitrogens is 4. The Bertz CT molecular complexity index is 1300. The third-order valence-corrected chi connectivity index (χ3v) is 6.15. The van der Waals surface area contributed by atoms with E-state index in [4.69, 9.17) is 5.11 Å². The molecule has 2 heterocycles. The molecule has 0 saturated heterocycles. The van der Waals surface area contributed by atoms with Crippen LogP contribution in [0.3, 0.4) is 0 Å². The van der Waals surface area contributed by atoms with Crippen LogP contribution in [0.2, 0.25) is 0 Å². The fourth-order valence-corrected chi connectivity index (χ4v) is 4.20. The zero-order valence-corrected chi connectivity index (χ0v) is 19.2. The van der Waals surface area contributed by atoms with E-state index < -0.39 is 17.7 Å². The van der Waals surface area contributed by atoms with Crippen molar-refractivity contribution in [2.75, 3.05) is 11.4 Å². The fourth-order valence-electron chi connectivity index (χ4n) is 3.32. The summed E-state index contributed by atoms with van der Waals surface area (Å²) in [4.78, 5) is 25.5. The monoisotopic (exact) mass is 479 g/mol. The van der Waals surface area contributed by atoms with E-state index >= 15 is 0 Å². The van der Waals surface area contributed by atoms with E-state index in [-0.39, 0.29) is 11.1 Å². The van der Waals surface area contributed by atoms with Gasteiger partial charge in [0.1, 0.15) is 10.8 Å². The number of carboxylic acid groups (broad SMARTS) is 1. The van der Waals surface area contributed by atoms with E-state index in [9.17, 15) is 14.0 Å². The Hall–Kier alpha value is -3.92. The summed E-state index contributed by atoms with van der Waals surface area (Å²) in [5.74, 6) is -2.03. The topological polar surface area (TPSA) is 101 Å². The number of carbonyl (C=O) groups excluding carboxylic acids is 1. The highest BCUT2D eigenvalue weighted by atomic mass is 32.1. The number of benzene rings is 2. The number of unbranched alkanes of at least 4 members (excludes halogenated alkanes) is 1. The first-order chi connectivity index (χ1) is 16.5. The zero-order chi connectivity index (χ0) is 24.1. The zero-order valence-electron chi connectivity index (χ0n) is 18.4. The SMILES string of the molecule is CCCCN(C(=O)c1ccccc1F)c1nnc(-c2ccc(Cn3cc(C(=O)O)cn3)cc2)s1. The molecule has 4 aromatic rings. The van der Waals surface area contributed by atoms with Gasteiger partial charge in [-0.1, -0.05) is 61.1 Å². The van der Waals surface area contributed by atoms with Gasteiger partial charge in [-0.2, -0.15) is 5.10 Å². The van der Waals surface area contributed by atoms with Gasteiger partial charge < -0.3 is 5.11 Å². The number of rotatable bonds is 9. The van der Waals surface area contributed by atoms with Gasteiger partial charge in [-0.3, -0.25) is 14.4 Å². The van der Waals surface area contributed by atoms with Crippen LogP contribution in [0.5, 0.6) is 0 Å². The predicted octanol–water partition coefficient (Wildman–Crippen LogP) is 4.73. The van der Waals surface area contributed by atoms with Crippen LogP contribution in [-0.4, -0.2) is 43.5 Å². The minimum Gasteiger partial charge on any atom is -0.478 e. The summed E-state index contributed by atoms with van der Waals surface area (Å²) in [6.07, 6.45) is 4.41. The molecule has 0 radical (unpaired) electrons. The summed E-state index contributed by atoms with van der Waals surface area (Å²) in [5, 5.41) is 22.6. The van der Waals surface area contributed by atoms with Crippen LogP contribution in [0.25, 0.3) is 10.6 Å². The van der Waals surface area contributed by atoms with Crippen LogP contribution in [0.1, 0.15) is 46.0 Å². The second-order valence-corrected chi connectivity index (χ2v) is 8.56. The Morgan fingerprint density at radius 2 is 1.88 bits per heavy atom. The normalized spacial score (nSPS) is 10.9. The van der Waals surface area contributed by atoms with Crippen molar-refractivity contribution in [3.63, 3.8) is 0 Å². The molecule has 174 valence electrons. The minimum absolute atomic E-state index is 0.00406. The van der Waals surface area contributed by atoms with E-state index in [1.165, 1.54) is 40.8 Å². The Morgan fingerprint density at radius 1 is 1.12 bits per heavy atom. The smallest absolute Gasteiger partial charge is 0.338 e. The van der Waals surface area contributed by atoms with E-state index in [1.807, 2.05) is 31.2 Å². The second kappa shape index (κ2) is 10.3. The molecule has 10 heteroatoms. The molecular weight excluding hydrogens is 457 g/mol. The number of aromatic carboxylic acids is 1. The highest BCUT2D eigenvalue weighted by Gasteiger charge is 2.23. The van der Waals surface area contributed by atoms with Gasteiger partial charge in [-0.25, -0.2) is 9.18 Å². The predicted molar refractivity (Wildman–Crippen MR) is 127 cm³/mol. The Labute approximate surface area is 199 Å².